The number of benzene rings is 1. The van der Waals surface area contributed by atoms with E-state index in [0.717, 1.165) is 0 Å². The smallest absolute Gasteiger partial charge is 0.387 e. The summed E-state index contributed by atoms with van der Waals surface area (Å²) in [5, 5.41) is 10.3. The van der Waals surface area contributed by atoms with Crippen LogP contribution < -0.4 is 4.74 Å². The lowest BCUT2D eigenvalue weighted by atomic mass is 10.2. The van der Waals surface area contributed by atoms with E-state index in [1.54, 1.807) is 0 Å². The van der Waals surface area contributed by atoms with E-state index in [0.29, 0.717) is 12.1 Å². The number of nitro groups is 1. The molecule has 0 aliphatic heterocycles. The summed E-state index contributed by atoms with van der Waals surface area (Å²) in [6.07, 6.45) is -0.0271. The number of ether oxygens (including phenoxy) is 1. The maximum atomic E-state index is 13.1. The summed E-state index contributed by atoms with van der Waals surface area (Å²) in [4.78, 5) is 19.5. The molecule has 0 unspecified atom stereocenters. The summed E-state index contributed by atoms with van der Waals surface area (Å²) in [6, 6.07) is 1.13. The number of rotatable bonds is 4. The van der Waals surface area contributed by atoms with E-state index in [1.165, 1.54) is 0 Å². The molecule has 0 amide bonds. The van der Waals surface area contributed by atoms with Gasteiger partial charge in [-0.15, -0.1) is 0 Å². The van der Waals surface area contributed by atoms with E-state index >= 15 is 0 Å². The fraction of sp³-hybridized carbons (Fsp3) is 0.125. The van der Waals surface area contributed by atoms with Crippen molar-refractivity contribution in [2.75, 3.05) is 0 Å². The third kappa shape index (κ3) is 2.47. The average Bonchev–Trinajstić information content (AvgIpc) is 2.19. The van der Waals surface area contributed by atoms with E-state index in [4.69, 9.17) is 0 Å². The quantitative estimate of drug-likeness (QED) is 0.455. The minimum Gasteiger partial charge on any atom is -0.435 e. The summed E-state index contributed by atoms with van der Waals surface area (Å²) >= 11 is 0. The van der Waals surface area contributed by atoms with Gasteiger partial charge in [0.05, 0.1) is 16.6 Å². The Bertz CT molecular complexity index is 436. The monoisotopic (exact) mass is 235 g/mol. The van der Waals surface area contributed by atoms with E-state index in [2.05, 4.69) is 4.74 Å². The number of nitro benzene ring substituents is 1. The molecule has 0 spiro atoms. The number of alkyl halides is 2. The number of hydrogen-bond donors (Lipinski definition) is 0. The van der Waals surface area contributed by atoms with Gasteiger partial charge in [0.1, 0.15) is 5.75 Å². The van der Waals surface area contributed by atoms with Crippen molar-refractivity contribution in [3.05, 3.63) is 33.6 Å². The molecule has 1 rings (SSSR count). The molecular formula is C8H4F3NO4. The summed E-state index contributed by atoms with van der Waals surface area (Å²) in [5.74, 6) is -2.04. The Balaban J connectivity index is 3.28. The van der Waals surface area contributed by atoms with Crippen molar-refractivity contribution in [3.8, 4) is 5.75 Å². The molecular weight excluding hydrogens is 231 g/mol. The standard InChI is InChI=1S/C8H4F3NO4/c9-7-4(3-13)1-5(16-8(10)11)2-6(7)12(14)15/h1-3,8H. The van der Waals surface area contributed by atoms with Crippen LogP contribution in [0.2, 0.25) is 0 Å². The minimum atomic E-state index is -3.22. The highest BCUT2D eigenvalue weighted by Gasteiger charge is 2.21. The first-order valence-electron chi connectivity index (χ1n) is 3.83. The Morgan fingerprint density at radius 2 is 2.06 bits per heavy atom. The molecule has 16 heavy (non-hydrogen) atoms. The Hall–Kier alpha value is -2.12. The summed E-state index contributed by atoms with van der Waals surface area (Å²) in [7, 11) is 0. The fourth-order valence-electron chi connectivity index (χ4n) is 0.994. The van der Waals surface area contributed by atoms with Gasteiger partial charge in [-0.1, -0.05) is 0 Å². The second-order valence-corrected chi connectivity index (χ2v) is 2.60. The van der Waals surface area contributed by atoms with Crippen molar-refractivity contribution < 1.29 is 27.6 Å². The summed E-state index contributed by atoms with van der Waals surface area (Å²) in [6.45, 7) is -3.22. The zero-order valence-electron chi connectivity index (χ0n) is 7.52. The first-order valence-corrected chi connectivity index (χ1v) is 3.83. The maximum Gasteiger partial charge on any atom is 0.387 e. The highest BCUT2D eigenvalue weighted by Crippen LogP contribution is 2.27. The number of nitrogens with zero attached hydrogens (tertiary/aromatic N) is 1. The predicted octanol–water partition coefficient (Wildman–Crippen LogP) is 2.15. The van der Waals surface area contributed by atoms with Crippen LogP contribution in [0.3, 0.4) is 0 Å². The highest BCUT2D eigenvalue weighted by atomic mass is 19.3. The van der Waals surface area contributed by atoms with Crippen molar-refractivity contribution in [2.24, 2.45) is 0 Å². The first kappa shape index (κ1) is 12.0. The molecule has 0 aliphatic rings. The lowest BCUT2D eigenvalue weighted by Crippen LogP contribution is -2.04. The van der Waals surface area contributed by atoms with Gasteiger partial charge in [-0.05, 0) is 6.07 Å². The van der Waals surface area contributed by atoms with Gasteiger partial charge in [-0.3, -0.25) is 14.9 Å². The Kier molecular flexibility index (Phi) is 3.44. The average molecular weight is 235 g/mol. The normalized spacial score (nSPS) is 10.2. The van der Waals surface area contributed by atoms with Gasteiger partial charge in [-0.2, -0.15) is 13.2 Å². The van der Waals surface area contributed by atoms with E-state index < -0.39 is 34.4 Å². The van der Waals surface area contributed by atoms with Crippen LogP contribution in [0.4, 0.5) is 18.9 Å². The minimum absolute atomic E-state index is 0.0271. The topological polar surface area (TPSA) is 69.4 Å². The molecule has 0 radical (unpaired) electrons. The molecule has 0 aliphatic carbocycles. The van der Waals surface area contributed by atoms with Gasteiger partial charge in [0.15, 0.2) is 6.29 Å². The fourth-order valence-corrected chi connectivity index (χ4v) is 0.994. The van der Waals surface area contributed by atoms with Crippen LogP contribution in [-0.2, 0) is 0 Å². The van der Waals surface area contributed by atoms with E-state index in [-0.39, 0.29) is 6.29 Å². The predicted molar refractivity (Wildman–Crippen MR) is 45.1 cm³/mol. The summed E-state index contributed by atoms with van der Waals surface area (Å²) < 4.78 is 40.6. The molecule has 0 saturated heterocycles. The molecule has 0 fully saturated rings. The lowest BCUT2D eigenvalue weighted by Gasteiger charge is -2.05. The van der Waals surface area contributed by atoms with Crippen LogP contribution in [0.15, 0.2) is 12.1 Å². The van der Waals surface area contributed by atoms with Crippen LogP contribution in [0.25, 0.3) is 0 Å². The molecule has 8 heteroatoms. The van der Waals surface area contributed by atoms with Crippen molar-refractivity contribution in [1.29, 1.82) is 0 Å². The van der Waals surface area contributed by atoms with Crippen LogP contribution in [0.1, 0.15) is 10.4 Å². The maximum absolute atomic E-state index is 13.1. The largest absolute Gasteiger partial charge is 0.435 e. The molecule has 0 aromatic heterocycles. The van der Waals surface area contributed by atoms with Crippen LogP contribution >= 0.6 is 0 Å². The van der Waals surface area contributed by atoms with Gasteiger partial charge >= 0.3 is 12.3 Å². The van der Waals surface area contributed by atoms with Gasteiger partial charge in [0.25, 0.3) is 0 Å². The van der Waals surface area contributed by atoms with Gasteiger partial charge in [0, 0.05) is 0 Å². The molecule has 1 aromatic rings. The number of hydrogen-bond acceptors (Lipinski definition) is 4. The van der Waals surface area contributed by atoms with Gasteiger partial charge < -0.3 is 4.74 Å². The van der Waals surface area contributed by atoms with E-state index in [1.807, 2.05) is 0 Å². The molecule has 0 atom stereocenters. The lowest BCUT2D eigenvalue weighted by molar-refractivity contribution is -0.387. The zero-order chi connectivity index (χ0) is 12.3. The van der Waals surface area contributed by atoms with Gasteiger partial charge in [0.2, 0.25) is 5.82 Å². The number of carbonyl (C=O) groups excluding carboxylic acids is 1. The third-order valence-corrected chi connectivity index (χ3v) is 1.60. The molecule has 0 saturated carbocycles. The number of carbonyl (C=O) groups is 1. The number of halogens is 3. The molecule has 86 valence electrons. The number of aldehydes is 1. The molecule has 0 heterocycles. The molecule has 0 N–H and O–H groups in total. The van der Waals surface area contributed by atoms with Crippen molar-refractivity contribution in [3.63, 3.8) is 0 Å². The zero-order valence-corrected chi connectivity index (χ0v) is 7.52. The third-order valence-electron chi connectivity index (χ3n) is 1.60. The molecule has 1 aromatic carbocycles. The molecule has 5 nitrogen and oxygen atoms in total. The van der Waals surface area contributed by atoms with Gasteiger partial charge in [-0.25, -0.2) is 0 Å². The van der Waals surface area contributed by atoms with Crippen LogP contribution in [-0.4, -0.2) is 17.8 Å². The van der Waals surface area contributed by atoms with Crippen LogP contribution in [0, 0.1) is 15.9 Å². The first-order chi connectivity index (χ1) is 7.45. The Morgan fingerprint density at radius 1 is 1.44 bits per heavy atom. The SMILES string of the molecule is O=Cc1cc(OC(F)F)cc([N+](=O)[O-])c1F. The second kappa shape index (κ2) is 4.60. The second-order valence-electron chi connectivity index (χ2n) is 2.60. The van der Waals surface area contributed by atoms with Crippen molar-refractivity contribution >= 4 is 12.0 Å². The molecule has 0 bridgehead atoms. The summed E-state index contributed by atoms with van der Waals surface area (Å²) in [5.41, 5.74) is -1.81. The van der Waals surface area contributed by atoms with Crippen molar-refractivity contribution in [2.45, 2.75) is 6.61 Å². The highest BCUT2D eigenvalue weighted by molar-refractivity contribution is 5.77. The van der Waals surface area contributed by atoms with E-state index in [9.17, 15) is 28.1 Å². The Labute approximate surface area is 86.6 Å². The van der Waals surface area contributed by atoms with Crippen molar-refractivity contribution in [1.82, 2.24) is 0 Å². The Morgan fingerprint density at radius 3 is 2.50 bits per heavy atom. The van der Waals surface area contributed by atoms with Crippen LogP contribution in [0.5, 0.6) is 5.75 Å².